The number of piperidine rings is 1. The Morgan fingerprint density at radius 2 is 2.42 bits per heavy atom. The molecule has 2 rings (SSSR count). The molecule has 1 aromatic heterocycles. The van der Waals surface area contributed by atoms with Crippen molar-refractivity contribution in [3.63, 3.8) is 0 Å². The van der Waals surface area contributed by atoms with Gasteiger partial charge in [0.2, 0.25) is 5.89 Å². The minimum Gasteiger partial charge on any atom is -0.396 e. The third kappa shape index (κ3) is 3.99. The quantitative estimate of drug-likeness (QED) is 0.841. The highest BCUT2D eigenvalue weighted by Gasteiger charge is 2.21. The van der Waals surface area contributed by atoms with Gasteiger partial charge in [-0.15, -0.1) is 0 Å². The van der Waals surface area contributed by atoms with Gasteiger partial charge in [0.25, 0.3) is 0 Å². The fourth-order valence-corrected chi connectivity index (χ4v) is 2.46. The van der Waals surface area contributed by atoms with Crippen LogP contribution in [0.5, 0.6) is 0 Å². The molecule has 108 valence electrons. The standard InChI is InChI=1S/C13H23N3O3/c1-3-18-10(2)13-14-12(19-15-13)8-16-6-4-5-11(7-16)9-17/h10-11,17H,3-9H2,1-2H3. The van der Waals surface area contributed by atoms with Crippen LogP contribution in [0.4, 0.5) is 0 Å². The van der Waals surface area contributed by atoms with Crippen molar-refractivity contribution in [2.75, 3.05) is 26.3 Å². The first-order valence-corrected chi connectivity index (χ1v) is 7.00. The lowest BCUT2D eigenvalue weighted by molar-refractivity contribution is 0.0683. The molecule has 0 bridgehead atoms. The summed E-state index contributed by atoms with van der Waals surface area (Å²) in [6.07, 6.45) is 2.08. The van der Waals surface area contributed by atoms with Crippen LogP contribution in [0.15, 0.2) is 4.52 Å². The first kappa shape index (κ1) is 14.4. The summed E-state index contributed by atoms with van der Waals surface area (Å²) in [6.45, 7) is 7.33. The average Bonchev–Trinajstić information content (AvgIpc) is 2.88. The molecule has 6 nitrogen and oxygen atoms in total. The third-order valence-electron chi connectivity index (χ3n) is 3.48. The number of ether oxygens (including phenoxy) is 1. The van der Waals surface area contributed by atoms with Crippen LogP contribution in [0.3, 0.4) is 0 Å². The zero-order valence-corrected chi connectivity index (χ0v) is 11.7. The molecule has 0 aliphatic carbocycles. The van der Waals surface area contributed by atoms with Gasteiger partial charge in [-0.05, 0) is 39.2 Å². The molecule has 2 atom stereocenters. The number of hydrogen-bond donors (Lipinski definition) is 1. The molecule has 1 aliphatic rings. The van der Waals surface area contributed by atoms with Crippen LogP contribution < -0.4 is 0 Å². The summed E-state index contributed by atoms with van der Waals surface area (Å²) in [4.78, 5) is 6.62. The fraction of sp³-hybridized carbons (Fsp3) is 0.846. The van der Waals surface area contributed by atoms with E-state index in [4.69, 9.17) is 9.26 Å². The van der Waals surface area contributed by atoms with Gasteiger partial charge in [-0.25, -0.2) is 0 Å². The molecule has 0 aromatic carbocycles. The van der Waals surface area contributed by atoms with E-state index in [9.17, 15) is 5.11 Å². The summed E-state index contributed by atoms with van der Waals surface area (Å²) in [7, 11) is 0. The summed E-state index contributed by atoms with van der Waals surface area (Å²) in [5, 5.41) is 13.2. The minimum absolute atomic E-state index is 0.131. The minimum atomic E-state index is -0.131. The predicted molar refractivity (Wildman–Crippen MR) is 69.4 cm³/mol. The maximum Gasteiger partial charge on any atom is 0.240 e. The zero-order chi connectivity index (χ0) is 13.7. The molecule has 19 heavy (non-hydrogen) atoms. The molecule has 2 unspecified atom stereocenters. The van der Waals surface area contributed by atoms with E-state index in [1.165, 1.54) is 0 Å². The number of hydrogen-bond acceptors (Lipinski definition) is 6. The summed E-state index contributed by atoms with van der Waals surface area (Å²) < 4.78 is 10.7. The fourth-order valence-electron chi connectivity index (χ4n) is 2.46. The number of nitrogens with zero attached hydrogens (tertiary/aromatic N) is 3. The molecular weight excluding hydrogens is 246 g/mol. The largest absolute Gasteiger partial charge is 0.396 e. The maximum absolute atomic E-state index is 9.22. The van der Waals surface area contributed by atoms with Crippen molar-refractivity contribution in [1.82, 2.24) is 15.0 Å². The normalized spacial score (nSPS) is 22.6. The highest BCUT2D eigenvalue weighted by Crippen LogP contribution is 2.18. The second-order valence-corrected chi connectivity index (χ2v) is 5.07. The van der Waals surface area contributed by atoms with E-state index in [1.54, 1.807) is 0 Å². The lowest BCUT2D eigenvalue weighted by atomic mass is 9.99. The van der Waals surface area contributed by atoms with Gasteiger partial charge in [0, 0.05) is 19.8 Å². The van der Waals surface area contributed by atoms with Gasteiger partial charge in [-0.1, -0.05) is 5.16 Å². The molecule has 0 spiro atoms. The van der Waals surface area contributed by atoms with E-state index in [0.29, 0.717) is 30.8 Å². The highest BCUT2D eigenvalue weighted by atomic mass is 16.5. The lowest BCUT2D eigenvalue weighted by Crippen LogP contribution is -2.36. The lowest BCUT2D eigenvalue weighted by Gasteiger charge is -2.30. The molecule has 0 radical (unpaired) electrons. The Balaban J connectivity index is 1.88. The van der Waals surface area contributed by atoms with Crippen LogP contribution in [-0.4, -0.2) is 46.5 Å². The Labute approximate surface area is 113 Å². The third-order valence-corrected chi connectivity index (χ3v) is 3.48. The number of aliphatic hydroxyl groups is 1. The van der Waals surface area contributed by atoms with Crippen LogP contribution >= 0.6 is 0 Å². The van der Waals surface area contributed by atoms with Crippen molar-refractivity contribution in [2.24, 2.45) is 5.92 Å². The maximum atomic E-state index is 9.22. The Morgan fingerprint density at radius 1 is 1.58 bits per heavy atom. The number of aliphatic hydroxyl groups excluding tert-OH is 1. The zero-order valence-electron chi connectivity index (χ0n) is 11.7. The van der Waals surface area contributed by atoms with Gasteiger partial charge in [0.15, 0.2) is 5.82 Å². The van der Waals surface area contributed by atoms with E-state index >= 15 is 0 Å². The van der Waals surface area contributed by atoms with Gasteiger partial charge in [0.05, 0.1) is 6.54 Å². The van der Waals surface area contributed by atoms with Crippen LogP contribution in [0.25, 0.3) is 0 Å². The molecule has 2 heterocycles. The molecule has 0 amide bonds. The predicted octanol–water partition coefficient (Wildman–Crippen LogP) is 1.37. The number of aromatic nitrogens is 2. The molecule has 1 saturated heterocycles. The topological polar surface area (TPSA) is 71.6 Å². The van der Waals surface area contributed by atoms with Gasteiger partial charge in [-0.3, -0.25) is 4.90 Å². The smallest absolute Gasteiger partial charge is 0.240 e. The van der Waals surface area contributed by atoms with E-state index < -0.39 is 0 Å². The van der Waals surface area contributed by atoms with Gasteiger partial charge in [-0.2, -0.15) is 4.98 Å². The molecule has 1 fully saturated rings. The average molecular weight is 269 g/mol. The molecule has 1 aliphatic heterocycles. The van der Waals surface area contributed by atoms with Crippen molar-refractivity contribution < 1.29 is 14.4 Å². The van der Waals surface area contributed by atoms with Crippen molar-refractivity contribution in [3.8, 4) is 0 Å². The van der Waals surface area contributed by atoms with E-state index in [1.807, 2.05) is 13.8 Å². The summed E-state index contributed by atoms with van der Waals surface area (Å²) >= 11 is 0. The molecular formula is C13H23N3O3. The monoisotopic (exact) mass is 269 g/mol. The van der Waals surface area contributed by atoms with E-state index in [2.05, 4.69) is 15.0 Å². The molecule has 1 N–H and O–H groups in total. The first-order valence-electron chi connectivity index (χ1n) is 7.00. The van der Waals surface area contributed by atoms with Gasteiger partial charge < -0.3 is 14.4 Å². The van der Waals surface area contributed by atoms with Gasteiger partial charge in [0.1, 0.15) is 6.10 Å². The van der Waals surface area contributed by atoms with Crippen molar-refractivity contribution in [2.45, 2.75) is 39.3 Å². The Bertz CT molecular complexity index is 383. The highest BCUT2D eigenvalue weighted by molar-refractivity contribution is 4.90. The van der Waals surface area contributed by atoms with Crippen molar-refractivity contribution >= 4 is 0 Å². The van der Waals surface area contributed by atoms with E-state index in [-0.39, 0.29) is 12.7 Å². The van der Waals surface area contributed by atoms with Gasteiger partial charge >= 0.3 is 0 Å². The number of rotatable bonds is 6. The summed E-state index contributed by atoms with van der Waals surface area (Å²) in [6, 6.07) is 0. The summed E-state index contributed by atoms with van der Waals surface area (Å²) in [5.41, 5.74) is 0. The number of likely N-dealkylation sites (tertiary alicyclic amines) is 1. The van der Waals surface area contributed by atoms with Crippen LogP contribution in [0, 0.1) is 5.92 Å². The molecule has 0 saturated carbocycles. The van der Waals surface area contributed by atoms with Crippen LogP contribution in [0.1, 0.15) is 44.5 Å². The molecule has 1 aromatic rings. The van der Waals surface area contributed by atoms with E-state index in [0.717, 1.165) is 25.9 Å². The Kier molecular flexibility index (Phi) is 5.30. The second kappa shape index (κ2) is 6.98. The SMILES string of the molecule is CCOC(C)c1noc(CN2CCCC(CO)C2)n1. The Morgan fingerprint density at radius 3 is 3.16 bits per heavy atom. The Hall–Kier alpha value is -0.980. The summed E-state index contributed by atoms with van der Waals surface area (Å²) in [5.74, 6) is 1.60. The molecule has 6 heteroatoms. The van der Waals surface area contributed by atoms with Crippen molar-refractivity contribution in [3.05, 3.63) is 11.7 Å². The van der Waals surface area contributed by atoms with Crippen molar-refractivity contribution in [1.29, 1.82) is 0 Å². The van der Waals surface area contributed by atoms with Crippen LogP contribution in [0.2, 0.25) is 0 Å². The van der Waals surface area contributed by atoms with Crippen LogP contribution in [-0.2, 0) is 11.3 Å². The second-order valence-electron chi connectivity index (χ2n) is 5.07. The first-order chi connectivity index (χ1) is 9.22.